The van der Waals surface area contributed by atoms with Crippen LogP contribution in [0.2, 0.25) is 0 Å². The molecule has 0 spiro atoms. The average molecular weight is 1130 g/mol. The van der Waals surface area contributed by atoms with Crippen LogP contribution in [-0.2, 0) is 33.3 Å². The Labute approximate surface area is 495 Å². The van der Waals surface area contributed by atoms with Gasteiger partial charge in [-0.05, 0) is 51.4 Å². The summed E-state index contributed by atoms with van der Waals surface area (Å²) in [5.74, 6) is -2.28. The summed E-state index contributed by atoms with van der Waals surface area (Å²) in [6.45, 7) is 4.68. The Morgan fingerprint density at radius 3 is 1.06 bits per heavy atom. The minimum absolute atomic E-state index is 0.146. The fraction of sp³-hybridized carbons (Fsp3) is 0.845. The van der Waals surface area contributed by atoms with Crippen LogP contribution in [0.1, 0.15) is 328 Å². The first-order chi connectivity index (χ1) is 39.1. The van der Waals surface area contributed by atoms with Gasteiger partial charge in [-0.15, -0.1) is 0 Å². The van der Waals surface area contributed by atoms with E-state index in [1.165, 1.54) is 225 Å². The molecule has 0 saturated carbocycles. The number of carbonyl (C=O) groups excluding carboxylic acids is 3. The molecule has 0 aliphatic carbocycles. The number of carboxylic acids is 1. The van der Waals surface area contributed by atoms with Crippen LogP contribution in [0, 0.1) is 0 Å². The zero-order valence-electron chi connectivity index (χ0n) is 53.5. The highest BCUT2D eigenvalue weighted by molar-refractivity contribution is 5.70. The SMILES string of the molecule is CC/C=C\C/C=C\C/C=C\C/C=C\CCCCCCCCCCC(=O)OC(COC(=O)CCCCCCCCCCCCCCCCCCCCCCCCCCCCCCCCCCCC)COC(OCC[N+](C)(C)C)C(=O)[O-]. The van der Waals surface area contributed by atoms with E-state index in [-0.39, 0.29) is 32.2 Å². The van der Waals surface area contributed by atoms with E-state index in [1.807, 2.05) is 21.1 Å². The molecule has 9 heteroatoms. The largest absolute Gasteiger partial charge is 0.545 e. The Morgan fingerprint density at radius 2 is 0.713 bits per heavy atom. The van der Waals surface area contributed by atoms with Gasteiger partial charge in [0, 0.05) is 12.8 Å². The summed E-state index contributed by atoms with van der Waals surface area (Å²) in [6, 6.07) is 0. The lowest BCUT2D eigenvalue weighted by Crippen LogP contribution is -2.44. The molecule has 0 heterocycles. The first-order valence-corrected chi connectivity index (χ1v) is 34.3. The summed E-state index contributed by atoms with van der Waals surface area (Å²) in [5.41, 5.74) is 0. The van der Waals surface area contributed by atoms with Gasteiger partial charge in [-0.3, -0.25) is 9.59 Å². The molecule has 0 N–H and O–H groups in total. The predicted octanol–water partition coefficient (Wildman–Crippen LogP) is 19.6. The van der Waals surface area contributed by atoms with Gasteiger partial charge in [0.15, 0.2) is 12.4 Å². The van der Waals surface area contributed by atoms with Gasteiger partial charge in [0.2, 0.25) is 0 Å². The van der Waals surface area contributed by atoms with Crippen molar-refractivity contribution in [1.29, 1.82) is 0 Å². The smallest absolute Gasteiger partial charge is 0.306 e. The van der Waals surface area contributed by atoms with Crippen molar-refractivity contribution >= 4 is 17.9 Å². The number of allylic oxidation sites excluding steroid dienone is 8. The van der Waals surface area contributed by atoms with E-state index in [4.69, 9.17) is 18.9 Å². The van der Waals surface area contributed by atoms with Crippen LogP contribution in [-0.4, -0.2) is 82.3 Å². The van der Waals surface area contributed by atoms with Crippen molar-refractivity contribution in [2.45, 2.75) is 341 Å². The van der Waals surface area contributed by atoms with Crippen molar-refractivity contribution in [1.82, 2.24) is 0 Å². The number of likely N-dealkylation sites (N-methyl/N-ethyl adjacent to an activating group) is 1. The van der Waals surface area contributed by atoms with Gasteiger partial charge in [-0.2, -0.15) is 0 Å². The standard InChI is InChI=1S/C71H131NO8/c1-6-8-10-12-14-16-18-20-22-24-26-28-29-30-31-32-33-34-35-36-37-38-39-40-42-43-45-47-49-51-53-55-57-59-61-68(73)78-65-67(66-79-71(70(75)76)77-64-63-72(3,4)5)80-69(74)62-60-58-56-54-52-50-48-46-44-41-27-25-23-21-19-17-15-13-11-9-7-2/h9,11,15,17,21,23,27,41,67,71H,6-8,10,12-14,16,18-20,22,24-26,28-40,42-66H2,1-5H3/b11-9-,17-15-,23-21-,41-27-. The van der Waals surface area contributed by atoms with E-state index in [9.17, 15) is 19.5 Å². The highest BCUT2D eigenvalue weighted by Crippen LogP contribution is 2.19. The molecular formula is C71H131NO8. The number of hydrogen-bond donors (Lipinski definition) is 0. The van der Waals surface area contributed by atoms with Gasteiger partial charge in [0.25, 0.3) is 0 Å². The third-order valence-electron chi connectivity index (χ3n) is 15.3. The maximum atomic E-state index is 12.9. The van der Waals surface area contributed by atoms with Crippen LogP contribution in [0.3, 0.4) is 0 Å². The molecule has 80 heavy (non-hydrogen) atoms. The summed E-state index contributed by atoms with van der Waals surface area (Å²) in [6.07, 6.45) is 76.3. The maximum absolute atomic E-state index is 12.9. The molecule has 468 valence electrons. The monoisotopic (exact) mass is 1130 g/mol. The number of aliphatic carboxylic acids is 1. The Hall–Kier alpha value is -2.75. The van der Waals surface area contributed by atoms with Crippen molar-refractivity contribution in [2.24, 2.45) is 0 Å². The van der Waals surface area contributed by atoms with Gasteiger partial charge in [0.05, 0.1) is 40.3 Å². The van der Waals surface area contributed by atoms with Crippen molar-refractivity contribution < 1.29 is 42.9 Å². The number of nitrogens with zero attached hydrogens (tertiary/aromatic N) is 1. The van der Waals surface area contributed by atoms with Crippen LogP contribution in [0.4, 0.5) is 0 Å². The molecule has 0 saturated heterocycles. The van der Waals surface area contributed by atoms with Gasteiger partial charge >= 0.3 is 11.9 Å². The second-order valence-electron chi connectivity index (χ2n) is 24.4. The molecule has 0 aliphatic heterocycles. The van der Waals surface area contributed by atoms with Gasteiger partial charge in [-0.25, -0.2) is 0 Å². The van der Waals surface area contributed by atoms with Crippen molar-refractivity contribution in [2.75, 3.05) is 47.5 Å². The highest BCUT2D eigenvalue weighted by Gasteiger charge is 2.22. The van der Waals surface area contributed by atoms with E-state index >= 15 is 0 Å². The molecule has 9 nitrogen and oxygen atoms in total. The number of unbranched alkanes of at least 4 members (excludes halogenated alkanes) is 41. The van der Waals surface area contributed by atoms with Gasteiger partial charge in [-0.1, -0.05) is 313 Å². The Balaban J connectivity index is 4.03. The van der Waals surface area contributed by atoms with Crippen LogP contribution in [0.5, 0.6) is 0 Å². The van der Waals surface area contributed by atoms with Crippen LogP contribution in [0.15, 0.2) is 48.6 Å². The summed E-state index contributed by atoms with van der Waals surface area (Å²) < 4.78 is 22.8. The third kappa shape index (κ3) is 62.8. The molecular weight excluding hydrogens is 995 g/mol. The van der Waals surface area contributed by atoms with Crippen LogP contribution in [0.25, 0.3) is 0 Å². The lowest BCUT2D eigenvalue weighted by atomic mass is 10.0. The third-order valence-corrected chi connectivity index (χ3v) is 15.3. The van der Waals surface area contributed by atoms with E-state index in [0.717, 1.165) is 70.6 Å². The number of carbonyl (C=O) groups is 3. The van der Waals surface area contributed by atoms with Crippen molar-refractivity contribution in [3.05, 3.63) is 48.6 Å². The zero-order chi connectivity index (χ0) is 58.3. The van der Waals surface area contributed by atoms with Gasteiger partial charge < -0.3 is 33.3 Å². The molecule has 0 aromatic heterocycles. The average Bonchev–Trinajstić information content (AvgIpc) is 3.43. The predicted molar refractivity (Wildman–Crippen MR) is 339 cm³/mol. The lowest BCUT2D eigenvalue weighted by molar-refractivity contribution is -0.870. The number of quaternary nitrogens is 1. The Bertz CT molecular complexity index is 1450. The second kappa shape index (κ2) is 62.3. The first-order valence-electron chi connectivity index (χ1n) is 34.3. The van der Waals surface area contributed by atoms with Crippen LogP contribution >= 0.6 is 0 Å². The maximum Gasteiger partial charge on any atom is 0.306 e. The zero-order valence-corrected chi connectivity index (χ0v) is 53.5. The molecule has 0 radical (unpaired) electrons. The summed E-state index contributed by atoms with van der Waals surface area (Å²) in [4.78, 5) is 37.4. The second-order valence-corrected chi connectivity index (χ2v) is 24.4. The molecule has 2 unspecified atom stereocenters. The van der Waals surface area contributed by atoms with E-state index in [1.54, 1.807) is 0 Å². The quantitative estimate of drug-likeness (QED) is 0.0195. The number of hydrogen-bond acceptors (Lipinski definition) is 8. The summed E-state index contributed by atoms with van der Waals surface area (Å²) in [5, 5.41) is 11.8. The number of ether oxygens (including phenoxy) is 4. The molecule has 0 amide bonds. The van der Waals surface area contributed by atoms with Crippen molar-refractivity contribution in [3.63, 3.8) is 0 Å². The van der Waals surface area contributed by atoms with Crippen molar-refractivity contribution in [3.8, 4) is 0 Å². The fourth-order valence-corrected chi connectivity index (χ4v) is 10.1. The highest BCUT2D eigenvalue weighted by atomic mass is 16.7. The lowest BCUT2D eigenvalue weighted by Gasteiger charge is -2.26. The number of carboxylic acid groups (broad SMARTS) is 1. The minimum atomic E-state index is -1.62. The van der Waals surface area contributed by atoms with E-state index in [2.05, 4.69) is 62.5 Å². The topological polar surface area (TPSA) is 111 Å². The minimum Gasteiger partial charge on any atom is -0.545 e. The normalized spacial score (nSPS) is 13.0. The molecule has 2 atom stereocenters. The molecule has 0 bridgehead atoms. The number of esters is 2. The number of rotatable bonds is 64. The molecule has 0 aromatic carbocycles. The van der Waals surface area contributed by atoms with Gasteiger partial charge in [0.1, 0.15) is 13.2 Å². The molecule has 0 rings (SSSR count). The molecule has 0 aliphatic rings. The first kappa shape index (κ1) is 77.2. The van der Waals surface area contributed by atoms with E-state index < -0.39 is 24.3 Å². The molecule has 0 fully saturated rings. The molecule has 0 aromatic rings. The fourth-order valence-electron chi connectivity index (χ4n) is 10.1. The van der Waals surface area contributed by atoms with E-state index in [0.29, 0.717) is 23.9 Å². The Kier molecular flexibility index (Phi) is 60.2. The summed E-state index contributed by atoms with van der Waals surface area (Å²) >= 11 is 0. The summed E-state index contributed by atoms with van der Waals surface area (Å²) in [7, 11) is 5.93. The van der Waals surface area contributed by atoms with Crippen LogP contribution < -0.4 is 5.11 Å². The Morgan fingerprint density at radius 1 is 0.388 bits per heavy atom.